The molecule has 1 fully saturated rings. The molecule has 1 saturated heterocycles. The zero-order valence-electron chi connectivity index (χ0n) is 10.4. The van der Waals surface area contributed by atoms with E-state index in [1.54, 1.807) is 18.2 Å². The second kappa shape index (κ2) is 5.60. The predicted octanol–water partition coefficient (Wildman–Crippen LogP) is 3.96. The molecule has 1 aliphatic rings. The molecule has 1 heterocycles. The minimum atomic E-state index is -0.278. The van der Waals surface area contributed by atoms with E-state index in [2.05, 4.69) is 12.2 Å². The number of carbonyl (C=O) groups excluding carboxylic acids is 1. The van der Waals surface area contributed by atoms with Gasteiger partial charge in [0.05, 0.1) is 10.0 Å². The van der Waals surface area contributed by atoms with Gasteiger partial charge in [-0.15, -0.1) is 0 Å². The Kier molecular flexibility index (Phi) is 4.31. The van der Waals surface area contributed by atoms with E-state index in [1.807, 2.05) is 0 Å². The summed E-state index contributed by atoms with van der Waals surface area (Å²) in [5, 5.41) is 4.13. The SMILES string of the molecule is CCC1(C(=O)c2cccc(Cl)c2Cl)CCNCC1. The molecule has 2 rings (SSSR count). The Balaban J connectivity index is 2.37. The van der Waals surface area contributed by atoms with E-state index >= 15 is 0 Å². The van der Waals surface area contributed by atoms with Crippen molar-refractivity contribution in [2.24, 2.45) is 5.41 Å². The van der Waals surface area contributed by atoms with Crippen LogP contribution in [-0.4, -0.2) is 18.9 Å². The number of carbonyl (C=O) groups is 1. The van der Waals surface area contributed by atoms with Crippen molar-refractivity contribution in [1.29, 1.82) is 0 Å². The molecule has 0 bridgehead atoms. The molecular weight excluding hydrogens is 269 g/mol. The van der Waals surface area contributed by atoms with Crippen molar-refractivity contribution in [3.05, 3.63) is 33.8 Å². The van der Waals surface area contributed by atoms with Crippen LogP contribution in [0.15, 0.2) is 18.2 Å². The Hall–Kier alpha value is -0.570. The molecule has 2 nitrogen and oxygen atoms in total. The number of nitrogens with one attached hydrogen (secondary N) is 1. The molecule has 1 N–H and O–H groups in total. The summed E-state index contributed by atoms with van der Waals surface area (Å²) in [6, 6.07) is 5.27. The molecule has 0 saturated carbocycles. The first kappa shape index (κ1) is 13.9. The summed E-state index contributed by atoms with van der Waals surface area (Å²) in [4.78, 5) is 12.8. The highest BCUT2D eigenvalue weighted by atomic mass is 35.5. The Morgan fingerprint density at radius 2 is 2.00 bits per heavy atom. The third-order valence-corrected chi connectivity index (χ3v) is 4.73. The molecule has 1 aromatic carbocycles. The predicted molar refractivity (Wildman–Crippen MR) is 75.6 cm³/mol. The Bertz CT molecular complexity index is 453. The van der Waals surface area contributed by atoms with Gasteiger partial charge in [-0.2, -0.15) is 0 Å². The highest BCUT2D eigenvalue weighted by molar-refractivity contribution is 6.44. The largest absolute Gasteiger partial charge is 0.317 e. The highest BCUT2D eigenvalue weighted by Gasteiger charge is 2.38. The number of hydrogen-bond donors (Lipinski definition) is 1. The maximum atomic E-state index is 12.8. The van der Waals surface area contributed by atoms with Crippen molar-refractivity contribution in [1.82, 2.24) is 5.32 Å². The van der Waals surface area contributed by atoms with Crippen LogP contribution in [0.3, 0.4) is 0 Å². The van der Waals surface area contributed by atoms with Crippen molar-refractivity contribution < 1.29 is 4.79 Å². The van der Waals surface area contributed by atoms with Gasteiger partial charge >= 0.3 is 0 Å². The number of hydrogen-bond acceptors (Lipinski definition) is 2. The molecule has 0 aromatic heterocycles. The third-order valence-electron chi connectivity index (χ3n) is 3.92. The molecule has 1 aliphatic heterocycles. The van der Waals surface area contributed by atoms with Crippen LogP contribution in [0.2, 0.25) is 10.0 Å². The second-order valence-corrected chi connectivity index (χ2v) is 5.60. The van der Waals surface area contributed by atoms with Gasteiger partial charge in [0, 0.05) is 11.0 Å². The van der Waals surface area contributed by atoms with E-state index < -0.39 is 0 Å². The van der Waals surface area contributed by atoms with E-state index in [0.717, 1.165) is 32.4 Å². The third kappa shape index (κ3) is 2.42. The first-order valence-corrected chi connectivity index (χ1v) is 7.06. The molecule has 0 amide bonds. The molecular formula is C14H17Cl2NO. The number of halogens is 2. The summed E-state index contributed by atoms with van der Waals surface area (Å²) >= 11 is 12.1. The lowest BCUT2D eigenvalue weighted by molar-refractivity contribution is 0.0718. The minimum absolute atomic E-state index is 0.138. The van der Waals surface area contributed by atoms with Crippen molar-refractivity contribution in [2.75, 3.05) is 13.1 Å². The van der Waals surface area contributed by atoms with E-state index in [1.165, 1.54) is 0 Å². The fraction of sp³-hybridized carbons (Fsp3) is 0.500. The molecule has 4 heteroatoms. The molecule has 0 radical (unpaired) electrons. The van der Waals surface area contributed by atoms with Gasteiger partial charge in [-0.05, 0) is 44.5 Å². The van der Waals surface area contributed by atoms with Gasteiger partial charge in [-0.25, -0.2) is 0 Å². The standard InChI is InChI=1S/C14H17Cl2NO/c1-2-14(6-8-17-9-7-14)13(18)10-4-3-5-11(15)12(10)16/h3-5,17H,2,6-9H2,1H3. The lowest BCUT2D eigenvalue weighted by Crippen LogP contribution is -2.41. The number of piperidine rings is 1. The maximum absolute atomic E-state index is 12.8. The van der Waals surface area contributed by atoms with Gasteiger partial charge in [0.25, 0.3) is 0 Å². The van der Waals surface area contributed by atoms with E-state index in [4.69, 9.17) is 23.2 Å². The minimum Gasteiger partial charge on any atom is -0.317 e. The van der Waals surface area contributed by atoms with Gasteiger partial charge in [0.2, 0.25) is 0 Å². The highest BCUT2D eigenvalue weighted by Crippen LogP contribution is 2.39. The van der Waals surface area contributed by atoms with Gasteiger partial charge in [0.1, 0.15) is 0 Å². The molecule has 0 atom stereocenters. The van der Waals surface area contributed by atoms with Gasteiger partial charge < -0.3 is 5.32 Å². The van der Waals surface area contributed by atoms with Crippen LogP contribution >= 0.6 is 23.2 Å². The van der Waals surface area contributed by atoms with Crippen LogP contribution in [0.4, 0.5) is 0 Å². The number of ketones is 1. The van der Waals surface area contributed by atoms with E-state index in [9.17, 15) is 4.79 Å². The first-order valence-electron chi connectivity index (χ1n) is 6.30. The van der Waals surface area contributed by atoms with Crippen LogP contribution < -0.4 is 5.32 Å². The lowest BCUT2D eigenvalue weighted by Gasteiger charge is -2.35. The monoisotopic (exact) mass is 285 g/mol. The van der Waals surface area contributed by atoms with Gasteiger partial charge in [0.15, 0.2) is 5.78 Å². The molecule has 98 valence electrons. The summed E-state index contributed by atoms with van der Waals surface area (Å²) in [5.74, 6) is 0.138. The summed E-state index contributed by atoms with van der Waals surface area (Å²) in [6.45, 7) is 3.84. The van der Waals surface area contributed by atoms with E-state index in [0.29, 0.717) is 15.6 Å². The summed E-state index contributed by atoms with van der Waals surface area (Å²) in [6.07, 6.45) is 2.58. The van der Waals surface area contributed by atoms with E-state index in [-0.39, 0.29) is 11.2 Å². The van der Waals surface area contributed by atoms with Crippen LogP contribution in [0, 0.1) is 5.41 Å². The first-order chi connectivity index (χ1) is 8.60. The van der Waals surface area contributed by atoms with Crippen LogP contribution in [0.25, 0.3) is 0 Å². The Morgan fingerprint density at radius 1 is 1.33 bits per heavy atom. The Morgan fingerprint density at radius 3 is 2.61 bits per heavy atom. The van der Waals surface area contributed by atoms with Crippen LogP contribution in [0.1, 0.15) is 36.5 Å². The number of benzene rings is 1. The molecule has 0 spiro atoms. The zero-order valence-corrected chi connectivity index (χ0v) is 11.9. The fourth-order valence-electron chi connectivity index (χ4n) is 2.61. The van der Waals surface area contributed by atoms with Gasteiger partial charge in [-0.3, -0.25) is 4.79 Å². The topological polar surface area (TPSA) is 29.1 Å². The molecule has 1 aromatic rings. The smallest absolute Gasteiger partial charge is 0.170 e. The summed E-state index contributed by atoms with van der Waals surface area (Å²) in [5.41, 5.74) is 0.285. The van der Waals surface area contributed by atoms with Crippen molar-refractivity contribution >= 4 is 29.0 Å². The maximum Gasteiger partial charge on any atom is 0.170 e. The summed E-state index contributed by atoms with van der Waals surface area (Å²) < 4.78 is 0. The normalized spacial score (nSPS) is 18.6. The molecule has 0 unspecified atom stereocenters. The van der Waals surface area contributed by atoms with Crippen LogP contribution in [0.5, 0.6) is 0 Å². The molecule has 18 heavy (non-hydrogen) atoms. The van der Waals surface area contributed by atoms with Crippen molar-refractivity contribution in [3.8, 4) is 0 Å². The number of rotatable bonds is 3. The van der Waals surface area contributed by atoms with Crippen molar-refractivity contribution in [3.63, 3.8) is 0 Å². The average molecular weight is 286 g/mol. The average Bonchev–Trinajstić information content (AvgIpc) is 2.42. The number of Topliss-reactive ketones (excluding diaryl/α,β-unsaturated/α-hetero) is 1. The quantitative estimate of drug-likeness (QED) is 0.852. The fourth-order valence-corrected chi connectivity index (χ4v) is 3.00. The lowest BCUT2D eigenvalue weighted by atomic mass is 9.71. The van der Waals surface area contributed by atoms with Crippen LogP contribution in [-0.2, 0) is 0 Å². The summed E-state index contributed by atoms with van der Waals surface area (Å²) in [7, 11) is 0. The van der Waals surface area contributed by atoms with Crippen molar-refractivity contribution in [2.45, 2.75) is 26.2 Å². The van der Waals surface area contributed by atoms with Gasteiger partial charge in [-0.1, -0.05) is 36.2 Å². The zero-order chi connectivity index (χ0) is 13.2. The Labute approximate surface area is 118 Å². The molecule has 0 aliphatic carbocycles. The second-order valence-electron chi connectivity index (χ2n) is 4.81.